The van der Waals surface area contributed by atoms with E-state index in [1.54, 1.807) is 24.3 Å². The van der Waals surface area contributed by atoms with Crippen molar-refractivity contribution in [1.29, 1.82) is 0 Å². The van der Waals surface area contributed by atoms with Gasteiger partial charge in [-0.15, -0.1) is 0 Å². The summed E-state index contributed by atoms with van der Waals surface area (Å²) in [6.45, 7) is 4.53. The molecule has 7 nitrogen and oxygen atoms in total. The second-order valence-electron chi connectivity index (χ2n) is 7.98. The van der Waals surface area contributed by atoms with Crippen molar-refractivity contribution >= 4 is 11.9 Å². The first-order valence-electron chi connectivity index (χ1n) is 10.7. The summed E-state index contributed by atoms with van der Waals surface area (Å²) in [5, 5.41) is 9.80. The number of carbonyl (C=O) groups excluding carboxylic acids is 1. The minimum Gasteiger partial charge on any atom is -0.493 e. The van der Waals surface area contributed by atoms with Gasteiger partial charge in [0, 0.05) is 32.5 Å². The number of aliphatic carboxylic acids is 1. The minimum atomic E-state index is -1.05. The van der Waals surface area contributed by atoms with Gasteiger partial charge in [0.1, 0.15) is 11.5 Å². The maximum atomic E-state index is 13.6. The van der Waals surface area contributed by atoms with E-state index in [-0.39, 0.29) is 12.5 Å². The zero-order chi connectivity index (χ0) is 21.8. The van der Waals surface area contributed by atoms with E-state index in [1.165, 1.54) is 10.5 Å². The molecule has 1 spiro atoms. The van der Waals surface area contributed by atoms with E-state index < -0.39 is 17.7 Å². The largest absolute Gasteiger partial charge is 0.493 e. The van der Waals surface area contributed by atoms with Crippen LogP contribution in [-0.2, 0) is 16.1 Å². The molecule has 1 N–H and O–H groups in total. The lowest BCUT2D eigenvalue weighted by Gasteiger charge is -2.44. The number of likely N-dealkylation sites (tertiary alicyclic amines) is 1. The number of carboxylic acids is 1. The monoisotopic (exact) mass is 424 g/mol. The predicted octanol–water partition coefficient (Wildman–Crippen LogP) is 3.00. The molecule has 1 atom stereocenters. The van der Waals surface area contributed by atoms with Crippen molar-refractivity contribution in [2.75, 3.05) is 26.3 Å². The highest BCUT2D eigenvalue weighted by Gasteiger charge is 2.54. The molecule has 2 fully saturated rings. The van der Waals surface area contributed by atoms with Crippen LogP contribution in [0.1, 0.15) is 35.7 Å². The Morgan fingerprint density at radius 2 is 1.77 bits per heavy atom. The van der Waals surface area contributed by atoms with Crippen LogP contribution >= 0.6 is 0 Å². The maximum absolute atomic E-state index is 13.6. The number of carbonyl (C=O) groups is 2. The number of hydrogen-bond acceptors (Lipinski definition) is 5. The van der Waals surface area contributed by atoms with E-state index in [0.29, 0.717) is 30.8 Å². The van der Waals surface area contributed by atoms with Crippen LogP contribution in [0, 0.1) is 0 Å². The first-order chi connectivity index (χ1) is 15.0. The van der Waals surface area contributed by atoms with Gasteiger partial charge in [-0.3, -0.25) is 14.6 Å². The highest BCUT2D eigenvalue weighted by molar-refractivity contribution is 5.99. The van der Waals surface area contributed by atoms with E-state index in [4.69, 9.17) is 9.47 Å². The van der Waals surface area contributed by atoms with Crippen LogP contribution in [-0.4, -0.2) is 64.9 Å². The molecular weight excluding hydrogens is 396 g/mol. The number of ether oxygens (including phenoxy) is 2. The summed E-state index contributed by atoms with van der Waals surface area (Å²) < 4.78 is 11.7. The normalized spacial score (nSPS) is 20.7. The standard InChI is InChI=1S/C24H28N2O5/c1-2-30-21-11-7-6-10-19(21)22(27)26-20(23(28)29)17-31-24(26)12-14-25(15-13-24)16-18-8-4-3-5-9-18/h3-11,20H,2,12-17H2,1H3,(H,28,29)/t20-/m0/s1. The summed E-state index contributed by atoms with van der Waals surface area (Å²) >= 11 is 0. The average molecular weight is 424 g/mol. The molecule has 2 aliphatic heterocycles. The van der Waals surface area contributed by atoms with Crippen molar-refractivity contribution in [2.45, 2.75) is 38.1 Å². The summed E-state index contributed by atoms with van der Waals surface area (Å²) in [5.74, 6) is -0.945. The molecule has 0 unspecified atom stereocenters. The average Bonchev–Trinajstić information content (AvgIpc) is 3.15. The second kappa shape index (κ2) is 9.08. The van der Waals surface area contributed by atoms with Gasteiger partial charge in [0.15, 0.2) is 6.04 Å². The molecule has 0 aliphatic carbocycles. The van der Waals surface area contributed by atoms with E-state index in [0.717, 1.165) is 19.6 Å². The molecule has 2 aromatic carbocycles. The number of para-hydroxylation sites is 1. The van der Waals surface area contributed by atoms with Crippen molar-refractivity contribution < 1.29 is 24.2 Å². The molecule has 2 aliphatic rings. The van der Waals surface area contributed by atoms with Gasteiger partial charge < -0.3 is 14.6 Å². The molecule has 4 rings (SSSR count). The third kappa shape index (κ3) is 4.29. The van der Waals surface area contributed by atoms with E-state index in [1.807, 2.05) is 25.1 Å². The van der Waals surface area contributed by atoms with Gasteiger partial charge in [0.05, 0.1) is 18.8 Å². The number of piperidine rings is 1. The van der Waals surface area contributed by atoms with Crippen molar-refractivity contribution in [2.24, 2.45) is 0 Å². The molecular formula is C24H28N2O5. The number of carboxylic acid groups (broad SMARTS) is 1. The fraction of sp³-hybridized carbons (Fsp3) is 0.417. The van der Waals surface area contributed by atoms with Crippen molar-refractivity contribution in [3.63, 3.8) is 0 Å². The Kier molecular flexibility index (Phi) is 6.25. The Balaban J connectivity index is 1.56. The van der Waals surface area contributed by atoms with Crippen LogP contribution in [0.5, 0.6) is 5.75 Å². The van der Waals surface area contributed by atoms with Crippen LogP contribution in [0.3, 0.4) is 0 Å². The molecule has 2 aromatic rings. The first-order valence-corrected chi connectivity index (χ1v) is 10.7. The Morgan fingerprint density at radius 1 is 1.10 bits per heavy atom. The predicted molar refractivity (Wildman–Crippen MR) is 115 cm³/mol. The van der Waals surface area contributed by atoms with Crippen LogP contribution < -0.4 is 4.74 Å². The number of hydrogen-bond donors (Lipinski definition) is 1. The Hall–Kier alpha value is -2.90. The van der Waals surface area contributed by atoms with Crippen molar-refractivity contribution in [1.82, 2.24) is 9.80 Å². The van der Waals surface area contributed by atoms with E-state index >= 15 is 0 Å². The summed E-state index contributed by atoms with van der Waals surface area (Å²) in [6.07, 6.45) is 1.12. The lowest BCUT2D eigenvalue weighted by molar-refractivity contribution is -0.144. The number of nitrogens with zero attached hydrogens (tertiary/aromatic N) is 2. The van der Waals surface area contributed by atoms with Gasteiger partial charge in [-0.1, -0.05) is 42.5 Å². The molecule has 0 saturated carbocycles. The fourth-order valence-electron chi connectivity index (χ4n) is 4.51. The Labute approximate surface area is 182 Å². The molecule has 0 radical (unpaired) electrons. The Bertz CT molecular complexity index is 925. The maximum Gasteiger partial charge on any atom is 0.328 e. The van der Waals surface area contributed by atoms with Crippen LogP contribution in [0.15, 0.2) is 54.6 Å². The van der Waals surface area contributed by atoms with Crippen molar-refractivity contribution in [3.8, 4) is 5.75 Å². The molecule has 2 saturated heterocycles. The third-order valence-corrected chi connectivity index (χ3v) is 6.07. The minimum absolute atomic E-state index is 0.00341. The number of rotatable bonds is 6. The summed E-state index contributed by atoms with van der Waals surface area (Å²) in [7, 11) is 0. The first kappa shape index (κ1) is 21.3. The highest BCUT2D eigenvalue weighted by Crippen LogP contribution is 2.39. The molecule has 0 bridgehead atoms. The van der Waals surface area contributed by atoms with Crippen molar-refractivity contribution in [3.05, 3.63) is 65.7 Å². The van der Waals surface area contributed by atoms with Gasteiger partial charge >= 0.3 is 5.97 Å². The lowest BCUT2D eigenvalue weighted by Crippen LogP contribution is -2.58. The van der Waals surface area contributed by atoms with E-state index in [9.17, 15) is 14.7 Å². The second-order valence-corrected chi connectivity index (χ2v) is 7.98. The van der Waals surface area contributed by atoms with Gasteiger partial charge in [-0.05, 0) is 24.6 Å². The fourth-order valence-corrected chi connectivity index (χ4v) is 4.51. The van der Waals surface area contributed by atoms with Crippen LogP contribution in [0.25, 0.3) is 0 Å². The lowest BCUT2D eigenvalue weighted by atomic mass is 9.96. The number of amides is 1. The Morgan fingerprint density at radius 3 is 2.45 bits per heavy atom. The summed E-state index contributed by atoms with van der Waals surface area (Å²) in [5.41, 5.74) is 0.687. The molecule has 1 amide bonds. The smallest absolute Gasteiger partial charge is 0.328 e. The summed E-state index contributed by atoms with van der Waals surface area (Å²) in [6, 6.07) is 16.2. The molecule has 2 heterocycles. The summed E-state index contributed by atoms with van der Waals surface area (Å²) in [4.78, 5) is 29.3. The SMILES string of the molecule is CCOc1ccccc1C(=O)N1[C@H](C(=O)O)COC12CCN(Cc1ccccc1)CC2. The van der Waals surface area contributed by atoms with Crippen LogP contribution in [0.2, 0.25) is 0 Å². The van der Waals surface area contributed by atoms with E-state index in [2.05, 4.69) is 17.0 Å². The topological polar surface area (TPSA) is 79.3 Å². The zero-order valence-corrected chi connectivity index (χ0v) is 17.7. The molecule has 31 heavy (non-hydrogen) atoms. The van der Waals surface area contributed by atoms with Crippen LogP contribution in [0.4, 0.5) is 0 Å². The third-order valence-electron chi connectivity index (χ3n) is 6.07. The quantitative estimate of drug-likeness (QED) is 0.768. The van der Waals surface area contributed by atoms with Gasteiger partial charge in [-0.25, -0.2) is 4.79 Å². The zero-order valence-electron chi connectivity index (χ0n) is 17.7. The molecule has 7 heteroatoms. The molecule has 164 valence electrons. The highest BCUT2D eigenvalue weighted by atomic mass is 16.5. The number of benzene rings is 2. The molecule has 0 aromatic heterocycles. The van der Waals surface area contributed by atoms with Gasteiger partial charge in [0.2, 0.25) is 0 Å². The van der Waals surface area contributed by atoms with Gasteiger partial charge in [-0.2, -0.15) is 0 Å². The van der Waals surface area contributed by atoms with Gasteiger partial charge in [0.25, 0.3) is 5.91 Å².